The first-order chi connectivity index (χ1) is 14.3. The minimum atomic E-state index is -6.00. The van der Waals surface area contributed by atoms with Crippen molar-refractivity contribution in [3.63, 3.8) is 0 Å². The molecule has 6 aliphatic heterocycles. The highest BCUT2D eigenvalue weighted by Crippen LogP contribution is 2.27. The van der Waals surface area contributed by atoms with E-state index >= 15 is 0 Å². The number of carbonyl (C=O) groups is 1. The Morgan fingerprint density at radius 3 is 1.28 bits per heavy atom. The number of halogens is 9. The summed E-state index contributed by atoms with van der Waals surface area (Å²) in [4.78, 5) is 18.4. The molecule has 6 saturated heterocycles. The Bertz CT molecular complexity index is 557. The quantitative estimate of drug-likeness (QED) is 0.186. The summed E-state index contributed by atoms with van der Waals surface area (Å²) in [5.74, 6) is -0.263. The van der Waals surface area contributed by atoms with Crippen LogP contribution in [-0.2, 0) is 9.63 Å². The van der Waals surface area contributed by atoms with Gasteiger partial charge in [0.2, 0.25) is 0 Å². The summed E-state index contributed by atoms with van der Waals surface area (Å²) < 4.78 is 91.7. The van der Waals surface area contributed by atoms with Crippen molar-refractivity contribution in [2.45, 2.75) is 6.92 Å². The standard InChI is InChI=1S/C8H15FN2O2.C6H12N2O.2BF4/c1-8(12)13-11-5-2-10(9,3-6-11)4-7-11;9-8-4-1-7(2-5-8)3-6-8;2*2-1(3,4)5/h2-7H2,1H3;1-6H2;;/q+2;;2*-1. The summed E-state index contributed by atoms with van der Waals surface area (Å²) in [6.45, 7) is 10.3. The van der Waals surface area contributed by atoms with Crippen molar-refractivity contribution in [3.8, 4) is 0 Å². The van der Waals surface area contributed by atoms with Gasteiger partial charge in [-0.05, 0) is 4.48 Å². The molecule has 0 aromatic rings. The molecule has 7 nitrogen and oxygen atoms in total. The van der Waals surface area contributed by atoms with Gasteiger partial charge in [-0.2, -0.15) is 0 Å². The maximum atomic E-state index is 13.6. The first-order valence-electron chi connectivity index (χ1n) is 9.98. The number of nitrogens with zero attached hydrogens (tertiary/aromatic N) is 4. The SMILES string of the molecule is CC(=O)O[N+]12CC[N+](F)(CC1)CC2.F[B-](F)(F)F.F[B-](F)(F)F.[O-][N+]12CCN(CC1)CC2. The second-order valence-electron chi connectivity index (χ2n) is 8.07. The van der Waals surface area contributed by atoms with Crippen LogP contribution in [0.5, 0.6) is 0 Å². The van der Waals surface area contributed by atoms with E-state index in [1.54, 1.807) is 0 Å². The molecule has 0 aromatic heterocycles. The first kappa shape index (κ1) is 28.8. The number of rotatable bonds is 1. The normalized spacial score (nSPS) is 35.3. The fourth-order valence-electron chi connectivity index (χ4n) is 3.81. The lowest BCUT2D eigenvalue weighted by Gasteiger charge is -2.53. The highest BCUT2D eigenvalue weighted by Gasteiger charge is 2.53. The van der Waals surface area contributed by atoms with Crippen molar-refractivity contribution < 1.29 is 62.6 Å². The van der Waals surface area contributed by atoms with Gasteiger partial charge in [-0.25, -0.2) is 4.79 Å². The molecule has 0 radical (unpaired) electrons. The third kappa shape index (κ3) is 12.1. The van der Waals surface area contributed by atoms with Gasteiger partial charge in [-0.15, -0.1) is 9.35 Å². The van der Waals surface area contributed by atoms with Gasteiger partial charge in [-0.3, -0.25) is 9.74 Å². The van der Waals surface area contributed by atoms with Gasteiger partial charge < -0.3 is 44.4 Å². The zero-order chi connectivity index (χ0) is 24.8. The fourth-order valence-corrected chi connectivity index (χ4v) is 3.81. The summed E-state index contributed by atoms with van der Waals surface area (Å²) in [5.41, 5.74) is 0. The van der Waals surface area contributed by atoms with Crippen molar-refractivity contribution in [2.24, 2.45) is 0 Å². The zero-order valence-corrected chi connectivity index (χ0v) is 17.6. The number of fused-ring (bicyclic) bond motifs is 6. The molecule has 190 valence electrons. The molecule has 0 N–H and O–H groups in total. The number of hydrogen-bond donors (Lipinski definition) is 0. The third-order valence-electron chi connectivity index (χ3n) is 5.52. The number of carbonyl (C=O) groups excluding carboxylic acids is 1. The number of piperazine rings is 6. The van der Waals surface area contributed by atoms with Crippen LogP contribution >= 0.6 is 0 Å². The minimum absolute atomic E-state index is 0.0938. The van der Waals surface area contributed by atoms with Gasteiger partial charge in [-0.1, -0.05) is 0 Å². The molecule has 6 aliphatic rings. The molecule has 0 amide bonds. The summed E-state index contributed by atoms with van der Waals surface area (Å²) in [6, 6.07) is 0. The van der Waals surface area contributed by atoms with Crippen LogP contribution in [0.15, 0.2) is 0 Å². The van der Waals surface area contributed by atoms with Crippen LogP contribution in [0.2, 0.25) is 0 Å². The Morgan fingerprint density at radius 1 is 0.750 bits per heavy atom. The van der Waals surface area contributed by atoms with Gasteiger partial charge in [0.25, 0.3) is 0 Å². The average Bonchev–Trinajstić information content (AvgIpc) is 2.61. The highest BCUT2D eigenvalue weighted by atomic mass is 19.5. The number of quaternary nitrogens is 3. The number of hydrogen-bond acceptors (Lipinski definition) is 4. The Morgan fingerprint density at radius 2 is 1.06 bits per heavy atom. The minimum Gasteiger partial charge on any atom is -0.633 e. The predicted octanol–water partition coefficient (Wildman–Crippen LogP) is 2.24. The topological polar surface area (TPSA) is 52.6 Å². The van der Waals surface area contributed by atoms with Crippen molar-refractivity contribution in [1.82, 2.24) is 4.90 Å². The molecule has 32 heavy (non-hydrogen) atoms. The van der Waals surface area contributed by atoms with Crippen molar-refractivity contribution >= 4 is 20.5 Å². The van der Waals surface area contributed by atoms with Gasteiger partial charge in [0.15, 0.2) is 39.3 Å². The highest BCUT2D eigenvalue weighted by molar-refractivity contribution is 6.50. The van der Waals surface area contributed by atoms with Crippen LogP contribution in [0.4, 0.5) is 39.0 Å². The monoisotopic (exact) mass is 492 g/mol. The average molecular weight is 492 g/mol. The molecule has 18 heteroatoms. The van der Waals surface area contributed by atoms with Crippen molar-refractivity contribution in [2.75, 3.05) is 78.5 Å². The van der Waals surface area contributed by atoms with Crippen LogP contribution in [-0.4, -0.2) is 118 Å². The van der Waals surface area contributed by atoms with Gasteiger partial charge in [0, 0.05) is 26.6 Å². The molecule has 0 atom stereocenters. The lowest BCUT2D eigenvalue weighted by atomic mass is 10.2. The van der Waals surface area contributed by atoms with E-state index in [9.17, 15) is 49.0 Å². The van der Waals surface area contributed by atoms with Crippen LogP contribution in [0.25, 0.3) is 0 Å². The Balaban J connectivity index is 0.000000235. The number of hydroxylamine groups is 6. The van der Waals surface area contributed by atoms with Crippen LogP contribution < -0.4 is 0 Å². The van der Waals surface area contributed by atoms with Crippen LogP contribution in [0.3, 0.4) is 0 Å². The molecule has 0 unspecified atom stereocenters. The van der Waals surface area contributed by atoms with Crippen LogP contribution in [0.1, 0.15) is 6.92 Å². The summed E-state index contributed by atoms with van der Waals surface area (Å²) in [6.07, 6.45) is 0. The van der Waals surface area contributed by atoms with Gasteiger partial charge in [0.05, 0.1) is 19.6 Å². The van der Waals surface area contributed by atoms with Crippen molar-refractivity contribution in [3.05, 3.63) is 5.21 Å². The van der Waals surface area contributed by atoms with E-state index in [0.717, 1.165) is 39.3 Å². The largest absolute Gasteiger partial charge is 0.673 e. The maximum Gasteiger partial charge on any atom is 0.673 e. The summed E-state index contributed by atoms with van der Waals surface area (Å²) in [5, 5.41) is 11.4. The Kier molecular flexibility index (Phi) is 9.72. The van der Waals surface area contributed by atoms with E-state index in [2.05, 4.69) is 4.90 Å². The molecule has 6 fully saturated rings. The van der Waals surface area contributed by atoms with E-state index in [0.29, 0.717) is 43.9 Å². The molecular formula is C14H27B2F9N4O3. The van der Waals surface area contributed by atoms with Gasteiger partial charge >= 0.3 is 20.5 Å². The molecule has 0 spiro atoms. The molecule has 0 aliphatic carbocycles. The van der Waals surface area contributed by atoms with E-state index in [4.69, 9.17) is 4.84 Å². The second kappa shape index (κ2) is 10.8. The molecule has 0 aromatic carbocycles. The van der Waals surface area contributed by atoms with E-state index in [1.165, 1.54) is 6.92 Å². The third-order valence-corrected chi connectivity index (χ3v) is 5.52. The lowest BCUT2D eigenvalue weighted by molar-refractivity contribution is -1.21. The zero-order valence-electron chi connectivity index (χ0n) is 17.6. The maximum absolute atomic E-state index is 13.6. The molecular weight excluding hydrogens is 465 g/mol. The van der Waals surface area contributed by atoms with Gasteiger partial charge in [0.1, 0.15) is 0 Å². The van der Waals surface area contributed by atoms with E-state index < -0.39 is 14.5 Å². The lowest BCUT2D eigenvalue weighted by Crippen LogP contribution is -2.72. The van der Waals surface area contributed by atoms with Crippen LogP contribution in [0, 0.1) is 5.21 Å². The Hall–Kier alpha value is -1.23. The summed E-state index contributed by atoms with van der Waals surface area (Å²) >= 11 is 0. The van der Waals surface area contributed by atoms with E-state index in [1.807, 2.05) is 0 Å². The Labute approximate surface area is 179 Å². The predicted molar refractivity (Wildman–Crippen MR) is 97.6 cm³/mol. The second-order valence-corrected chi connectivity index (χ2v) is 8.07. The molecule has 6 heterocycles. The molecule has 0 saturated carbocycles. The molecule has 4 bridgehead atoms. The fraction of sp³-hybridized carbons (Fsp3) is 0.929. The van der Waals surface area contributed by atoms with Crippen molar-refractivity contribution in [1.29, 1.82) is 0 Å². The summed E-state index contributed by atoms with van der Waals surface area (Å²) in [7, 11) is -12.0. The van der Waals surface area contributed by atoms with E-state index in [-0.39, 0.29) is 15.3 Å². The first-order valence-corrected chi connectivity index (χ1v) is 9.98. The molecule has 6 rings (SSSR count). The smallest absolute Gasteiger partial charge is 0.633 e.